The van der Waals surface area contributed by atoms with E-state index >= 15 is 0 Å². The Balaban J connectivity index is 0.00000480. The molecule has 0 radical (unpaired) electrons. The molecule has 2 N–H and O–H groups in total. The average Bonchev–Trinajstić information content (AvgIpc) is 2.69. The topological polar surface area (TPSA) is 89.0 Å². The standard InChI is InChI=1S/C22H31N3O4S.HI/c1-4-23-22(24-12-13-28-14-15-30(3,26)27)25-17-19-11-10-18(2)16-21(19)29-20-8-6-5-7-9-20;/h5-11,16H,4,12-15,17H2,1-3H3,(H2,23,24,25);1H. The number of nitrogens with one attached hydrogen (secondary N) is 2. The monoisotopic (exact) mass is 561 g/mol. The molecule has 0 aliphatic rings. The normalized spacial score (nSPS) is 11.5. The number of guanidine groups is 1. The van der Waals surface area contributed by atoms with Gasteiger partial charge in [0.25, 0.3) is 0 Å². The van der Waals surface area contributed by atoms with Crippen LogP contribution in [-0.4, -0.2) is 52.7 Å². The molecule has 172 valence electrons. The molecule has 0 aliphatic carbocycles. The zero-order chi connectivity index (χ0) is 21.8. The summed E-state index contributed by atoms with van der Waals surface area (Å²) in [6.07, 6.45) is 1.20. The number of halogens is 1. The first-order valence-corrected chi connectivity index (χ1v) is 12.0. The highest BCUT2D eigenvalue weighted by Gasteiger charge is 2.07. The first-order chi connectivity index (χ1) is 14.4. The minimum Gasteiger partial charge on any atom is -0.457 e. The van der Waals surface area contributed by atoms with Crippen LogP contribution in [-0.2, 0) is 21.1 Å². The number of hydrogen-bond acceptors (Lipinski definition) is 5. The van der Waals surface area contributed by atoms with Gasteiger partial charge in [0.2, 0.25) is 0 Å². The Labute approximate surface area is 202 Å². The molecule has 7 nitrogen and oxygen atoms in total. The molecule has 2 aromatic rings. The summed E-state index contributed by atoms with van der Waals surface area (Å²) in [5.74, 6) is 2.25. The summed E-state index contributed by atoms with van der Waals surface area (Å²) in [6, 6.07) is 15.7. The van der Waals surface area contributed by atoms with Crippen LogP contribution in [0.15, 0.2) is 53.5 Å². The Morgan fingerprint density at radius 1 is 1.06 bits per heavy atom. The number of benzene rings is 2. The van der Waals surface area contributed by atoms with Gasteiger partial charge in [0, 0.05) is 24.9 Å². The quantitative estimate of drug-likeness (QED) is 0.189. The Morgan fingerprint density at radius 2 is 1.81 bits per heavy atom. The first kappa shape index (κ1) is 27.2. The minimum absolute atomic E-state index is 0. The van der Waals surface area contributed by atoms with E-state index in [1.165, 1.54) is 6.26 Å². The fourth-order valence-corrected chi connectivity index (χ4v) is 2.98. The molecule has 2 rings (SSSR count). The average molecular weight is 561 g/mol. The second-order valence-electron chi connectivity index (χ2n) is 6.89. The third-order valence-electron chi connectivity index (χ3n) is 4.08. The zero-order valence-electron chi connectivity index (χ0n) is 18.3. The molecule has 31 heavy (non-hydrogen) atoms. The van der Waals surface area contributed by atoms with Crippen LogP contribution in [0.3, 0.4) is 0 Å². The van der Waals surface area contributed by atoms with Crippen molar-refractivity contribution in [3.8, 4) is 11.5 Å². The van der Waals surface area contributed by atoms with Crippen LogP contribution in [0.5, 0.6) is 11.5 Å². The first-order valence-electron chi connectivity index (χ1n) is 9.97. The number of aryl methyl sites for hydroxylation is 1. The van der Waals surface area contributed by atoms with Gasteiger partial charge in [0.05, 0.1) is 25.5 Å². The van der Waals surface area contributed by atoms with Crippen molar-refractivity contribution in [2.75, 3.05) is 38.3 Å². The Hall–Kier alpha value is -1.85. The van der Waals surface area contributed by atoms with Gasteiger partial charge < -0.3 is 20.1 Å². The largest absolute Gasteiger partial charge is 0.457 e. The van der Waals surface area contributed by atoms with Crippen LogP contribution in [0.2, 0.25) is 0 Å². The minimum atomic E-state index is -3.00. The lowest BCUT2D eigenvalue weighted by Crippen LogP contribution is -2.39. The molecule has 0 bridgehead atoms. The number of sulfone groups is 1. The van der Waals surface area contributed by atoms with Crippen molar-refractivity contribution in [2.24, 2.45) is 4.99 Å². The third-order valence-corrected chi connectivity index (χ3v) is 4.99. The fraction of sp³-hybridized carbons (Fsp3) is 0.409. The molecular formula is C22H32IN3O4S. The lowest BCUT2D eigenvalue weighted by atomic mass is 10.1. The van der Waals surface area contributed by atoms with Gasteiger partial charge in [0.1, 0.15) is 21.3 Å². The predicted octanol–water partition coefficient (Wildman–Crippen LogP) is 3.52. The lowest BCUT2D eigenvalue weighted by molar-refractivity contribution is 0.154. The van der Waals surface area contributed by atoms with Crippen LogP contribution >= 0.6 is 24.0 Å². The van der Waals surface area contributed by atoms with E-state index in [1.807, 2.05) is 62.4 Å². The molecule has 0 unspecified atom stereocenters. The van der Waals surface area contributed by atoms with E-state index in [0.29, 0.717) is 25.7 Å². The molecular weight excluding hydrogens is 529 g/mol. The van der Waals surface area contributed by atoms with Gasteiger partial charge in [-0.25, -0.2) is 13.4 Å². The van der Waals surface area contributed by atoms with Crippen LogP contribution < -0.4 is 15.4 Å². The van der Waals surface area contributed by atoms with Gasteiger partial charge in [-0.2, -0.15) is 0 Å². The number of nitrogens with zero attached hydrogens (tertiary/aromatic N) is 1. The Kier molecular flexibility index (Phi) is 12.5. The molecule has 2 aromatic carbocycles. The molecule has 9 heteroatoms. The summed E-state index contributed by atoms with van der Waals surface area (Å²) >= 11 is 0. The number of hydrogen-bond donors (Lipinski definition) is 2. The highest BCUT2D eigenvalue weighted by molar-refractivity contribution is 14.0. The third kappa shape index (κ3) is 11.4. The van der Waals surface area contributed by atoms with Crippen LogP contribution in [0.25, 0.3) is 0 Å². The Bertz CT molecular complexity index is 922. The molecule has 0 atom stereocenters. The van der Waals surface area contributed by atoms with Crippen molar-refractivity contribution < 1.29 is 17.9 Å². The van der Waals surface area contributed by atoms with E-state index in [-0.39, 0.29) is 36.3 Å². The smallest absolute Gasteiger partial charge is 0.191 e. The van der Waals surface area contributed by atoms with Gasteiger partial charge in [-0.05, 0) is 37.6 Å². The molecule has 0 saturated carbocycles. The van der Waals surface area contributed by atoms with E-state index in [9.17, 15) is 8.42 Å². The fourth-order valence-electron chi connectivity index (χ4n) is 2.56. The second kappa shape index (κ2) is 14.3. The van der Waals surface area contributed by atoms with Crippen molar-refractivity contribution in [3.63, 3.8) is 0 Å². The van der Waals surface area contributed by atoms with Crippen molar-refractivity contribution >= 4 is 39.8 Å². The maximum atomic E-state index is 11.1. The van der Waals surface area contributed by atoms with Gasteiger partial charge in [0.15, 0.2) is 5.96 Å². The van der Waals surface area contributed by atoms with E-state index in [0.717, 1.165) is 29.2 Å². The number of aliphatic imine (C=N–C) groups is 1. The Morgan fingerprint density at radius 3 is 2.48 bits per heavy atom. The molecule has 0 saturated heterocycles. The molecule has 0 aliphatic heterocycles. The van der Waals surface area contributed by atoms with Crippen molar-refractivity contribution in [1.29, 1.82) is 0 Å². The van der Waals surface area contributed by atoms with Crippen LogP contribution in [0, 0.1) is 6.92 Å². The molecule has 0 amide bonds. The molecule has 0 aromatic heterocycles. The van der Waals surface area contributed by atoms with Crippen LogP contribution in [0.4, 0.5) is 0 Å². The summed E-state index contributed by atoms with van der Waals surface area (Å²) in [5, 5.41) is 6.39. The molecule has 0 heterocycles. The summed E-state index contributed by atoms with van der Waals surface area (Å²) in [7, 11) is -3.00. The summed E-state index contributed by atoms with van der Waals surface area (Å²) in [5.41, 5.74) is 2.09. The van der Waals surface area contributed by atoms with E-state index in [2.05, 4.69) is 15.6 Å². The van der Waals surface area contributed by atoms with Gasteiger partial charge in [-0.15, -0.1) is 24.0 Å². The zero-order valence-corrected chi connectivity index (χ0v) is 21.4. The van der Waals surface area contributed by atoms with Crippen molar-refractivity contribution in [2.45, 2.75) is 20.4 Å². The lowest BCUT2D eigenvalue weighted by Gasteiger charge is -2.13. The van der Waals surface area contributed by atoms with Crippen molar-refractivity contribution in [1.82, 2.24) is 10.6 Å². The van der Waals surface area contributed by atoms with Gasteiger partial charge >= 0.3 is 0 Å². The van der Waals surface area contributed by atoms with Gasteiger partial charge in [-0.3, -0.25) is 0 Å². The SMILES string of the molecule is CCNC(=NCc1ccc(C)cc1Oc1ccccc1)NCCOCCS(C)(=O)=O.I. The van der Waals surface area contributed by atoms with E-state index in [4.69, 9.17) is 9.47 Å². The van der Waals surface area contributed by atoms with Crippen molar-refractivity contribution in [3.05, 3.63) is 59.7 Å². The summed E-state index contributed by atoms with van der Waals surface area (Å²) < 4.78 is 33.6. The maximum Gasteiger partial charge on any atom is 0.191 e. The number of ether oxygens (including phenoxy) is 2. The summed E-state index contributed by atoms with van der Waals surface area (Å²) in [6.45, 7) is 6.31. The van der Waals surface area contributed by atoms with Crippen LogP contribution in [0.1, 0.15) is 18.1 Å². The second-order valence-corrected chi connectivity index (χ2v) is 9.15. The summed E-state index contributed by atoms with van der Waals surface area (Å²) in [4.78, 5) is 4.64. The van der Waals surface area contributed by atoms with E-state index < -0.39 is 9.84 Å². The number of para-hydroxylation sites is 1. The molecule has 0 spiro atoms. The predicted molar refractivity (Wildman–Crippen MR) is 136 cm³/mol. The maximum absolute atomic E-state index is 11.1. The number of rotatable bonds is 11. The molecule has 0 fully saturated rings. The van der Waals surface area contributed by atoms with Gasteiger partial charge in [-0.1, -0.05) is 30.3 Å². The highest BCUT2D eigenvalue weighted by atomic mass is 127. The van der Waals surface area contributed by atoms with E-state index in [1.54, 1.807) is 0 Å². The highest BCUT2D eigenvalue weighted by Crippen LogP contribution is 2.27.